The molecule has 1 aliphatic rings. The normalized spacial score (nSPS) is 22.4. The molecule has 1 aliphatic carbocycles. The van der Waals surface area contributed by atoms with E-state index in [-0.39, 0.29) is 17.5 Å². The van der Waals surface area contributed by atoms with Crippen molar-refractivity contribution in [1.82, 2.24) is 5.32 Å². The van der Waals surface area contributed by atoms with Crippen LogP contribution in [0.15, 0.2) is 34.3 Å². The van der Waals surface area contributed by atoms with Crippen molar-refractivity contribution in [3.8, 4) is 6.07 Å². The second kappa shape index (κ2) is 7.42. The Bertz CT molecular complexity index is 571. The zero-order valence-corrected chi connectivity index (χ0v) is 13.7. The van der Waals surface area contributed by atoms with Gasteiger partial charge in [0.15, 0.2) is 0 Å². The highest BCUT2D eigenvalue weighted by molar-refractivity contribution is 9.10. The summed E-state index contributed by atoms with van der Waals surface area (Å²) in [6, 6.07) is 9.72. The first-order chi connectivity index (χ1) is 10.1. The Morgan fingerprint density at radius 2 is 2.00 bits per heavy atom. The third-order valence-corrected chi connectivity index (χ3v) is 4.50. The summed E-state index contributed by atoms with van der Waals surface area (Å²) in [6.07, 6.45) is 6.16. The van der Waals surface area contributed by atoms with E-state index in [4.69, 9.17) is 0 Å². The maximum absolute atomic E-state index is 12.2. The second-order valence-electron chi connectivity index (χ2n) is 5.56. The lowest BCUT2D eigenvalue weighted by atomic mass is 9.86. The van der Waals surface area contributed by atoms with E-state index in [9.17, 15) is 10.1 Å². The number of halogens is 1. The van der Waals surface area contributed by atoms with Crippen LogP contribution in [-0.4, -0.2) is 11.9 Å². The number of nitrogens with one attached hydrogen (secondary N) is 1. The summed E-state index contributed by atoms with van der Waals surface area (Å²) < 4.78 is 0.971. The van der Waals surface area contributed by atoms with Crippen molar-refractivity contribution in [1.29, 1.82) is 5.26 Å². The number of nitriles is 1. The average molecular weight is 347 g/mol. The molecule has 21 heavy (non-hydrogen) atoms. The Kier molecular flexibility index (Phi) is 5.58. The zero-order valence-electron chi connectivity index (χ0n) is 12.1. The van der Waals surface area contributed by atoms with Crippen molar-refractivity contribution in [3.63, 3.8) is 0 Å². The van der Waals surface area contributed by atoms with Crippen molar-refractivity contribution < 1.29 is 4.79 Å². The van der Waals surface area contributed by atoms with E-state index >= 15 is 0 Å². The minimum Gasteiger partial charge on any atom is -0.348 e. The van der Waals surface area contributed by atoms with Gasteiger partial charge in [0.2, 0.25) is 0 Å². The fourth-order valence-corrected chi connectivity index (χ4v) is 2.92. The number of hydrogen-bond acceptors (Lipinski definition) is 2. The molecule has 0 heterocycles. The predicted octanol–water partition coefficient (Wildman–Crippen LogP) is 4.05. The van der Waals surface area contributed by atoms with E-state index in [1.807, 2.05) is 30.3 Å². The third kappa shape index (κ3) is 4.44. The molecule has 1 aromatic rings. The van der Waals surface area contributed by atoms with Crippen LogP contribution in [0.1, 0.15) is 38.2 Å². The summed E-state index contributed by atoms with van der Waals surface area (Å²) in [6.45, 7) is 2.16. The number of benzene rings is 1. The monoisotopic (exact) mass is 346 g/mol. The molecule has 0 radical (unpaired) electrons. The van der Waals surface area contributed by atoms with Gasteiger partial charge in [-0.15, -0.1) is 0 Å². The lowest BCUT2D eigenvalue weighted by Gasteiger charge is -2.29. The lowest BCUT2D eigenvalue weighted by Crippen LogP contribution is -2.41. The predicted molar refractivity (Wildman–Crippen MR) is 87.3 cm³/mol. The van der Waals surface area contributed by atoms with E-state index in [1.165, 1.54) is 6.42 Å². The largest absolute Gasteiger partial charge is 0.348 e. The molecule has 1 N–H and O–H groups in total. The minimum atomic E-state index is -0.265. The van der Waals surface area contributed by atoms with E-state index in [0.717, 1.165) is 29.3 Å². The molecule has 0 aliphatic heterocycles. The summed E-state index contributed by atoms with van der Waals surface area (Å²) in [4.78, 5) is 12.2. The van der Waals surface area contributed by atoms with Gasteiger partial charge in [0.05, 0.1) is 0 Å². The summed E-state index contributed by atoms with van der Waals surface area (Å²) in [7, 11) is 0. The van der Waals surface area contributed by atoms with E-state index in [1.54, 1.807) is 6.08 Å². The van der Waals surface area contributed by atoms with Crippen molar-refractivity contribution in [2.75, 3.05) is 0 Å². The molecule has 4 heteroatoms. The molecule has 1 amide bonds. The van der Waals surface area contributed by atoms with Crippen LogP contribution in [0.25, 0.3) is 6.08 Å². The molecule has 0 spiro atoms. The Hall–Kier alpha value is -1.60. The molecule has 0 unspecified atom stereocenters. The molecule has 0 saturated heterocycles. The van der Waals surface area contributed by atoms with Crippen LogP contribution in [0, 0.1) is 17.2 Å². The van der Waals surface area contributed by atoms with Gasteiger partial charge in [-0.1, -0.05) is 47.8 Å². The highest BCUT2D eigenvalue weighted by atomic mass is 79.9. The molecule has 2 atom stereocenters. The number of amides is 1. The van der Waals surface area contributed by atoms with Crippen molar-refractivity contribution in [3.05, 3.63) is 39.9 Å². The topological polar surface area (TPSA) is 52.9 Å². The minimum absolute atomic E-state index is 0.162. The van der Waals surface area contributed by atoms with Crippen molar-refractivity contribution in [2.24, 2.45) is 5.92 Å². The van der Waals surface area contributed by atoms with Gasteiger partial charge in [0.25, 0.3) is 5.91 Å². The van der Waals surface area contributed by atoms with E-state index < -0.39 is 0 Å². The molecule has 3 nitrogen and oxygen atoms in total. The summed E-state index contributed by atoms with van der Waals surface area (Å²) in [5.41, 5.74) is 1.01. The number of carbonyl (C=O) groups excluding carboxylic acids is 1. The first kappa shape index (κ1) is 15.8. The van der Waals surface area contributed by atoms with Gasteiger partial charge < -0.3 is 5.32 Å². The van der Waals surface area contributed by atoms with Gasteiger partial charge in [0.1, 0.15) is 11.6 Å². The lowest BCUT2D eigenvalue weighted by molar-refractivity contribution is -0.118. The van der Waals surface area contributed by atoms with Gasteiger partial charge in [-0.25, -0.2) is 0 Å². The van der Waals surface area contributed by atoms with E-state index in [0.29, 0.717) is 5.92 Å². The molecule has 0 aromatic heterocycles. The highest BCUT2D eigenvalue weighted by Gasteiger charge is 2.23. The first-order valence-electron chi connectivity index (χ1n) is 7.28. The van der Waals surface area contributed by atoms with Crippen LogP contribution in [-0.2, 0) is 4.79 Å². The molecular weight excluding hydrogens is 328 g/mol. The van der Waals surface area contributed by atoms with Crippen LogP contribution < -0.4 is 5.32 Å². The Morgan fingerprint density at radius 3 is 2.62 bits per heavy atom. The zero-order chi connectivity index (χ0) is 15.2. The van der Waals surface area contributed by atoms with Crippen LogP contribution >= 0.6 is 15.9 Å². The summed E-state index contributed by atoms with van der Waals surface area (Å²) in [5, 5.41) is 12.2. The average Bonchev–Trinajstić information content (AvgIpc) is 2.49. The van der Waals surface area contributed by atoms with E-state index in [2.05, 4.69) is 28.2 Å². The SMILES string of the molecule is C[C@@H]1CCCC[C@H]1NC(=O)/C(C#N)=C/c1ccc(Br)cc1. The molecule has 2 rings (SSSR count). The van der Waals surface area contributed by atoms with Crippen LogP contribution in [0.5, 0.6) is 0 Å². The van der Waals surface area contributed by atoms with Gasteiger partial charge >= 0.3 is 0 Å². The molecule has 110 valence electrons. The van der Waals surface area contributed by atoms with Crippen LogP contribution in [0.2, 0.25) is 0 Å². The van der Waals surface area contributed by atoms with Gasteiger partial charge in [-0.3, -0.25) is 4.79 Å². The molecule has 1 fully saturated rings. The third-order valence-electron chi connectivity index (χ3n) is 3.97. The number of rotatable bonds is 3. The number of hydrogen-bond donors (Lipinski definition) is 1. The maximum Gasteiger partial charge on any atom is 0.262 e. The molecular formula is C17H19BrN2O. The summed E-state index contributed by atoms with van der Waals surface area (Å²) in [5.74, 6) is 0.217. The Labute approximate surface area is 134 Å². The van der Waals surface area contributed by atoms with Crippen LogP contribution in [0.4, 0.5) is 0 Å². The maximum atomic E-state index is 12.2. The van der Waals surface area contributed by atoms with Gasteiger partial charge in [-0.2, -0.15) is 5.26 Å². The van der Waals surface area contributed by atoms with Crippen molar-refractivity contribution >= 4 is 27.9 Å². The Balaban J connectivity index is 2.08. The van der Waals surface area contributed by atoms with Gasteiger partial charge in [-0.05, 0) is 42.5 Å². The molecule has 0 bridgehead atoms. The second-order valence-corrected chi connectivity index (χ2v) is 6.48. The van der Waals surface area contributed by atoms with Gasteiger partial charge in [0, 0.05) is 10.5 Å². The highest BCUT2D eigenvalue weighted by Crippen LogP contribution is 2.24. The smallest absolute Gasteiger partial charge is 0.262 e. The molecule has 1 saturated carbocycles. The first-order valence-corrected chi connectivity index (χ1v) is 8.07. The standard InChI is InChI=1S/C17H19BrN2O/c1-12-4-2-3-5-16(12)20-17(21)14(11-19)10-13-6-8-15(18)9-7-13/h6-10,12,16H,2-5H2,1H3,(H,20,21)/b14-10+/t12-,16-/m1/s1. The van der Waals surface area contributed by atoms with Crippen molar-refractivity contribution in [2.45, 2.75) is 38.6 Å². The quantitative estimate of drug-likeness (QED) is 0.662. The molecule has 1 aromatic carbocycles. The fraction of sp³-hybridized carbons (Fsp3) is 0.412. The number of carbonyl (C=O) groups is 1. The van der Waals surface area contributed by atoms with Crippen LogP contribution in [0.3, 0.4) is 0 Å². The fourth-order valence-electron chi connectivity index (χ4n) is 2.65. The summed E-state index contributed by atoms with van der Waals surface area (Å²) >= 11 is 3.37. The number of nitrogens with zero attached hydrogens (tertiary/aromatic N) is 1. The Morgan fingerprint density at radius 1 is 1.33 bits per heavy atom.